The van der Waals surface area contributed by atoms with Gasteiger partial charge in [-0.25, -0.2) is 23.2 Å². The number of likely N-dealkylation sites (tertiary alicyclic amines) is 1. The highest BCUT2D eigenvalue weighted by Gasteiger charge is 2.53. The van der Waals surface area contributed by atoms with Crippen LogP contribution < -0.4 is 5.32 Å². The van der Waals surface area contributed by atoms with Crippen molar-refractivity contribution in [3.05, 3.63) is 48.1 Å². The Balaban J connectivity index is 2.09. The van der Waals surface area contributed by atoms with E-state index in [1.54, 1.807) is 0 Å². The highest BCUT2D eigenvalue weighted by atomic mass is 19.4. The Labute approximate surface area is 186 Å². The van der Waals surface area contributed by atoms with Gasteiger partial charge in [-0.05, 0) is 46.0 Å². The lowest BCUT2D eigenvalue weighted by Crippen LogP contribution is -2.59. The SMILES string of the molecule is CC(n1cncn1)C(O)(c1ccc(F)cc1F)C(NC1CCN(C)CC1)OC(=O)C(F)(F)F. The van der Waals surface area contributed by atoms with Crippen molar-refractivity contribution in [2.75, 3.05) is 20.1 Å². The van der Waals surface area contributed by atoms with E-state index >= 15 is 0 Å². The minimum atomic E-state index is -5.37. The van der Waals surface area contributed by atoms with Crippen LogP contribution in [-0.2, 0) is 15.1 Å². The molecule has 2 aromatic rings. The van der Waals surface area contributed by atoms with Crippen LogP contribution in [-0.4, -0.2) is 69.3 Å². The van der Waals surface area contributed by atoms with Gasteiger partial charge in [-0.1, -0.05) is 6.07 Å². The quantitative estimate of drug-likeness (QED) is 0.359. The van der Waals surface area contributed by atoms with Gasteiger partial charge in [0.05, 0.1) is 6.04 Å². The van der Waals surface area contributed by atoms with Crippen LogP contribution in [0.15, 0.2) is 30.9 Å². The molecule has 2 heterocycles. The summed E-state index contributed by atoms with van der Waals surface area (Å²) in [6.07, 6.45) is -4.22. The minimum Gasteiger partial charge on any atom is -0.436 e. The summed E-state index contributed by atoms with van der Waals surface area (Å²) >= 11 is 0. The number of piperidine rings is 1. The van der Waals surface area contributed by atoms with Crippen molar-refractivity contribution in [1.29, 1.82) is 0 Å². The molecule has 8 nitrogen and oxygen atoms in total. The number of hydrogen-bond acceptors (Lipinski definition) is 7. The largest absolute Gasteiger partial charge is 0.490 e. The third kappa shape index (κ3) is 5.47. The molecule has 3 rings (SSSR count). The Hall–Kier alpha value is -2.64. The van der Waals surface area contributed by atoms with Crippen LogP contribution in [0.25, 0.3) is 0 Å². The van der Waals surface area contributed by atoms with Gasteiger partial charge in [-0.2, -0.15) is 18.3 Å². The van der Waals surface area contributed by atoms with Gasteiger partial charge in [0, 0.05) is 17.7 Å². The molecule has 1 aromatic carbocycles. The summed E-state index contributed by atoms with van der Waals surface area (Å²) in [6, 6.07) is 0.473. The number of rotatable bonds is 7. The number of nitrogens with zero attached hydrogens (tertiary/aromatic N) is 4. The number of ether oxygens (including phenoxy) is 1. The van der Waals surface area contributed by atoms with Gasteiger partial charge < -0.3 is 14.7 Å². The predicted octanol–water partition coefficient (Wildman–Crippen LogP) is 2.12. The number of esters is 1. The first-order valence-corrected chi connectivity index (χ1v) is 10.2. The van der Waals surface area contributed by atoms with E-state index in [1.165, 1.54) is 6.92 Å². The Kier molecular flexibility index (Phi) is 7.34. The lowest BCUT2D eigenvalue weighted by molar-refractivity contribution is -0.225. The molecule has 1 aliphatic heterocycles. The first-order chi connectivity index (χ1) is 15.4. The van der Waals surface area contributed by atoms with Crippen LogP contribution >= 0.6 is 0 Å². The van der Waals surface area contributed by atoms with E-state index in [-0.39, 0.29) is 0 Å². The Morgan fingerprint density at radius 3 is 2.48 bits per heavy atom. The molecular formula is C20H24F5N5O3. The maximum Gasteiger partial charge on any atom is 0.490 e. The molecule has 3 atom stereocenters. The Morgan fingerprint density at radius 1 is 1.27 bits per heavy atom. The summed E-state index contributed by atoms with van der Waals surface area (Å²) in [6.45, 7) is 2.53. The molecule has 0 radical (unpaired) electrons. The van der Waals surface area contributed by atoms with Crippen LogP contribution in [0.5, 0.6) is 0 Å². The summed E-state index contributed by atoms with van der Waals surface area (Å²) in [4.78, 5) is 17.5. The first kappa shape index (κ1) is 25.0. The van der Waals surface area contributed by atoms with Crippen molar-refractivity contribution < 1.29 is 36.6 Å². The molecule has 0 bridgehead atoms. The molecule has 1 aliphatic rings. The molecule has 182 valence electrons. The Bertz CT molecular complexity index is 950. The zero-order valence-electron chi connectivity index (χ0n) is 17.9. The normalized spacial score (nSPS) is 19.6. The number of aromatic nitrogens is 3. The molecule has 0 amide bonds. The van der Waals surface area contributed by atoms with Crippen LogP contribution in [0.3, 0.4) is 0 Å². The zero-order valence-corrected chi connectivity index (χ0v) is 17.9. The molecule has 33 heavy (non-hydrogen) atoms. The van der Waals surface area contributed by atoms with Crippen LogP contribution in [0.4, 0.5) is 22.0 Å². The summed E-state index contributed by atoms with van der Waals surface area (Å²) in [5.74, 6) is -4.76. The van der Waals surface area contributed by atoms with Crippen molar-refractivity contribution in [3.63, 3.8) is 0 Å². The Morgan fingerprint density at radius 2 is 1.94 bits per heavy atom. The first-order valence-electron chi connectivity index (χ1n) is 10.2. The average Bonchev–Trinajstić information content (AvgIpc) is 3.27. The fraction of sp³-hybridized carbons (Fsp3) is 0.550. The van der Waals surface area contributed by atoms with Gasteiger partial charge in [0.2, 0.25) is 0 Å². The van der Waals surface area contributed by atoms with Gasteiger partial charge >= 0.3 is 12.1 Å². The predicted molar refractivity (Wildman–Crippen MR) is 105 cm³/mol. The molecule has 1 saturated heterocycles. The van der Waals surface area contributed by atoms with E-state index in [1.807, 2.05) is 11.9 Å². The van der Waals surface area contributed by atoms with Crippen molar-refractivity contribution in [2.45, 2.75) is 49.9 Å². The lowest BCUT2D eigenvalue weighted by Gasteiger charge is -2.43. The van der Waals surface area contributed by atoms with E-state index in [9.17, 15) is 31.9 Å². The van der Waals surface area contributed by atoms with E-state index < -0.39 is 53.3 Å². The number of hydrogen-bond donors (Lipinski definition) is 2. The molecule has 13 heteroatoms. The van der Waals surface area contributed by atoms with Gasteiger partial charge in [0.15, 0.2) is 11.8 Å². The average molecular weight is 477 g/mol. The molecule has 0 aliphatic carbocycles. The lowest BCUT2D eigenvalue weighted by atomic mass is 9.84. The summed E-state index contributed by atoms with van der Waals surface area (Å²) < 4.78 is 73.5. The molecule has 3 unspecified atom stereocenters. The van der Waals surface area contributed by atoms with Crippen LogP contribution in [0.2, 0.25) is 0 Å². The maximum atomic E-state index is 14.9. The smallest absolute Gasteiger partial charge is 0.436 e. The topological polar surface area (TPSA) is 92.5 Å². The molecule has 1 aromatic heterocycles. The molecule has 2 N–H and O–H groups in total. The highest BCUT2D eigenvalue weighted by molar-refractivity contribution is 5.75. The zero-order chi connectivity index (χ0) is 24.4. The number of alkyl halides is 3. The number of carbonyl (C=O) groups is 1. The third-order valence-corrected chi connectivity index (χ3v) is 5.79. The van der Waals surface area contributed by atoms with E-state index in [0.29, 0.717) is 32.0 Å². The van der Waals surface area contributed by atoms with Crippen molar-refractivity contribution >= 4 is 5.97 Å². The number of aliphatic hydroxyl groups is 1. The standard InChI is InChI=1S/C20H24F5N5O3/c1-12(30-11-26-10-27-30)19(32,15-4-3-13(21)9-16(15)22)17(33-18(31)20(23,24)25)28-14-5-7-29(2)8-6-14/h3-4,9-12,14,17,28,32H,5-8H2,1-2H3. The number of carbonyl (C=O) groups excluding carboxylic acids is 1. The minimum absolute atomic E-state index is 0.454. The van der Waals surface area contributed by atoms with Gasteiger partial charge in [0.1, 0.15) is 24.3 Å². The summed E-state index contributed by atoms with van der Waals surface area (Å²) in [7, 11) is 1.87. The summed E-state index contributed by atoms with van der Waals surface area (Å²) in [5.41, 5.74) is -3.21. The molecular weight excluding hydrogens is 453 g/mol. The third-order valence-electron chi connectivity index (χ3n) is 5.79. The van der Waals surface area contributed by atoms with E-state index in [4.69, 9.17) is 4.74 Å². The van der Waals surface area contributed by atoms with Gasteiger partial charge in [-0.3, -0.25) is 5.32 Å². The van der Waals surface area contributed by atoms with Crippen molar-refractivity contribution in [2.24, 2.45) is 0 Å². The second kappa shape index (κ2) is 9.69. The van der Waals surface area contributed by atoms with Gasteiger partial charge in [0.25, 0.3) is 0 Å². The number of nitrogens with one attached hydrogen (secondary N) is 1. The van der Waals surface area contributed by atoms with Crippen molar-refractivity contribution in [3.8, 4) is 0 Å². The van der Waals surface area contributed by atoms with Gasteiger partial charge in [-0.15, -0.1) is 0 Å². The number of halogens is 5. The highest BCUT2D eigenvalue weighted by Crippen LogP contribution is 2.39. The summed E-state index contributed by atoms with van der Waals surface area (Å²) in [5, 5.41) is 18.4. The van der Waals surface area contributed by atoms with Crippen LogP contribution in [0.1, 0.15) is 31.4 Å². The molecule has 0 saturated carbocycles. The fourth-order valence-electron chi connectivity index (χ4n) is 3.83. The second-order valence-corrected chi connectivity index (χ2v) is 8.03. The maximum absolute atomic E-state index is 14.9. The monoisotopic (exact) mass is 477 g/mol. The van der Waals surface area contributed by atoms with Crippen molar-refractivity contribution in [1.82, 2.24) is 25.0 Å². The number of benzene rings is 1. The van der Waals surface area contributed by atoms with Crippen LogP contribution in [0, 0.1) is 11.6 Å². The molecule has 1 fully saturated rings. The van der Waals surface area contributed by atoms with E-state index in [2.05, 4.69) is 15.4 Å². The van der Waals surface area contributed by atoms with E-state index in [0.717, 1.165) is 29.5 Å². The fourth-order valence-corrected chi connectivity index (χ4v) is 3.83. The second-order valence-electron chi connectivity index (χ2n) is 8.03. The molecule has 0 spiro atoms.